The highest BCUT2D eigenvalue weighted by atomic mass is 35.5. The maximum atomic E-state index is 12.8. The number of benzene rings is 1. The predicted molar refractivity (Wildman–Crippen MR) is 101 cm³/mol. The molecular formula is C18H10ClN5O6. The van der Waals surface area contributed by atoms with Gasteiger partial charge in [0.1, 0.15) is 17.3 Å². The molecule has 30 heavy (non-hydrogen) atoms. The Morgan fingerprint density at radius 3 is 2.50 bits per heavy atom. The first kappa shape index (κ1) is 19.2. The predicted octanol–water partition coefficient (Wildman–Crippen LogP) is 3.31. The molecule has 0 fully saturated rings. The number of pyridine rings is 1. The van der Waals surface area contributed by atoms with E-state index < -0.39 is 23.2 Å². The number of carbonyl (C=O) groups excluding carboxylic acids is 2. The van der Waals surface area contributed by atoms with E-state index in [0.29, 0.717) is 5.02 Å². The Morgan fingerprint density at radius 1 is 1.10 bits per heavy atom. The molecule has 12 heteroatoms. The number of nitrogens with zero attached hydrogens (tertiary/aromatic N) is 5. The first-order valence-electron chi connectivity index (χ1n) is 8.33. The maximum Gasteiger partial charge on any atom is 0.516 e. The number of hydrogen-bond acceptors (Lipinski definition) is 9. The van der Waals surface area contributed by atoms with Crippen LogP contribution in [0.4, 0.5) is 16.3 Å². The Labute approximate surface area is 173 Å². The highest BCUT2D eigenvalue weighted by molar-refractivity contribution is 6.30. The van der Waals surface area contributed by atoms with Crippen molar-refractivity contribution in [2.24, 2.45) is 0 Å². The Bertz CT molecular complexity index is 1140. The average molecular weight is 428 g/mol. The molecular weight excluding hydrogens is 418 g/mol. The summed E-state index contributed by atoms with van der Waals surface area (Å²) in [4.78, 5) is 48.5. The van der Waals surface area contributed by atoms with E-state index in [2.05, 4.69) is 15.0 Å². The van der Waals surface area contributed by atoms with Gasteiger partial charge in [0.25, 0.3) is 11.6 Å². The van der Waals surface area contributed by atoms with Gasteiger partial charge >= 0.3 is 6.16 Å². The van der Waals surface area contributed by atoms with Crippen LogP contribution in [0.15, 0.2) is 55.0 Å². The smallest absolute Gasteiger partial charge is 0.403 e. The highest BCUT2D eigenvalue weighted by Crippen LogP contribution is 2.35. The molecule has 1 amide bonds. The largest absolute Gasteiger partial charge is 0.516 e. The normalized spacial score (nSPS) is 14.9. The molecule has 11 nitrogen and oxygen atoms in total. The average Bonchev–Trinajstić information content (AvgIpc) is 3.01. The van der Waals surface area contributed by atoms with Crippen LogP contribution >= 0.6 is 11.6 Å². The summed E-state index contributed by atoms with van der Waals surface area (Å²) in [5, 5.41) is 11.1. The van der Waals surface area contributed by atoms with Crippen LogP contribution in [0.5, 0.6) is 5.75 Å². The van der Waals surface area contributed by atoms with Crippen LogP contribution in [-0.4, -0.2) is 31.9 Å². The van der Waals surface area contributed by atoms with Crippen molar-refractivity contribution in [1.29, 1.82) is 0 Å². The van der Waals surface area contributed by atoms with Gasteiger partial charge in [0.2, 0.25) is 6.23 Å². The fourth-order valence-electron chi connectivity index (χ4n) is 2.73. The molecule has 0 aliphatic carbocycles. The second-order valence-electron chi connectivity index (χ2n) is 5.87. The molecule has 0 saturated heterocycles. The monoisotopic (exact) mass is 427 g/mol. The van der Waals surface area contributed by atoms with E-state index in [9.17, 15) is 19.7 Å². The molecule has 2 aromatic heterocycles. The zero-order valence-electron chi connectivity index (χ0n) is 14.8. The summed E-state index contributed by atoms with van der Waals surface area (Å²) in [6.45, 7) is 0. The molecule has 0 radical (unpaired) electrons. The van der Waals surface area contributed by atoms with Gasteiger partial charge in [0, 0.05) is 30.7 Å². The Kier molecular flexibility index (Phi) is 4.94. The van der Waals surface area contributed by atoms with E-state index in [-0.39, 0.29) is 28.6 Å². The number of carbonyl (C=O) groups is 2. The van der Waals surface area contributed by atoms with Crippen molar-refractivity contribution < 1.29 is 24.0 Å². The van der Waals surface area contributed by atoms with E-state index in [1.807, 2.05) is 0 Å². The van der Waals surface area contributed by atoms with Crippen molar-refractivity contribution in [2.45, 2.75) is 6.23 Å². The number of hydrogen-bond donors (Lipinski definition) is 0. The third kappa shape index (κ3) is 3.61. The summed E-state index contributed by atoms with van der Waals surface area (Å²) in [5.74, 6) is -0.385. The summed E-state index contributed by atoms with van der Waals surface area (Å²) in [6, 6.07) is 7.83. The van der Waals surface area contributed by atoms with Crippen LogP contribution in [0.2, 0.25) is 5.02 Å². The molecule has 1 aliphatic heterocycles. The van der Waals surface area contributed by atoms with E-state index in [1.165, 1.54) is 55.0 Å². The lowest BCUT2D eigenvalue weighted by Crippen LogP contribution is -2.32. The molecule has 3 heterocycles. The van der Waals surface area contributed by atoms with Crippen molar-refractivity contribution in [3.8, 4) is 5.75 Å². The van der Waals surface area contributed by atoms with Crippen molar-refractivity contribution in [3.63, 3.8) is 0 Å². The summed E-state index contributed by atoms with van der Waals surface area (Å²) in [6.07, 6.45) is 1.59. The van der Waals surface area contributed by atoms with Crippen molar-refractivity contribution in [2.75, 3.05) is 4.90 Å². The fourth-order valence-corrected chi connectivity index (χ4v) is 2.84. The van der Waals surface area contributed by atoms with Crippen LogP contribution in [0.25, 0.3) is 0 Å². The number of halogens is 1. The standard InChI is InChI=1S/C18H10ClN5O6/c19-10-1-6-13(22-9-10)23-16(25)14-15(21-8-7-20-14)17(23)30-18(26)29-12-4-2-11(3-5-12)24(27)28/h1-9,17H/t17-/m1/s1. The molecule has 0 bridgehead atoms. The van der Waals surface area contributed by atoms with Gasteiger partial charge in [0.05, 0.1) is 9.95 Å². The number of nitro groups is 1. The molecule has 1 atom stereocenters. The van der Waals surface area contributed by atoms with Crippen molar-refractivity contribution in [3.05, 3.63) is 81.5 Å². The van der Waals surface area contributed by atoms with E-state index in [0.717, 1.165) is 4.90 Å². The van der Waals surface area contributed by atoms with E-state index in [4.69, 9.17) is 21.1 Å². The molecule has 0 saturated carbocycles. The summed E-state index contributed by atoms with van der Waals surface area (Å²) >= 11 is 5.85. The van der Waals surface area contributed by atoms with Crippen LogP contribution in [0.3, 0.4) is 0 Å². The fraction of sp³-hybridized carbons (Fsp3) is 0.0556. The molecule has 1 aromatic carbocycles. The minimum Gasteiger partial charge on any atom is -0.403 e. The summed E-state index contributed by atoms with van der Waals surface area (Å²) < 4.78 is 10.4. The number of fused-ring (bicyclic) bond motifs is 1. The van der Waals surface area contributed by atoms with Gasteiger partial charge in [-0.1, -0.05) is 11.6 Å². The number of non-ortho nitro benzene ring substituents is 1. The molecule has 1 aliphatic rings. The quantitative estimate of drug-likeness (QED) is 0.265. The zero-order valence-corrected chi connectivity index (χ0v) is 15.6. The topological polar surface area (TPSA) is 138 Å². The van der Waals surface area contributed by atoms with Crippen LogP contribution in [0, 0.1) is 10.1 Å². The number of amides is 1. The molecule has 4 rings (SSSR count). The van der Waals surface area contributed by atoms with Gasteiger partial charge in [-0.05, 0) is 24.3 Å². The number of aromatic nitrogens is 3. The second kappa shape index (κ2) is 7.72. The first-order valence-corrected chi connectivity index (χ1v) is 8.71. The zero-order chi connectivity index (χ0) is 21.3. The van der Waals surface area contributed by atoms with E-state index >= 15 is 0 Å². The van der Waals surface area contributed by atoms with Gasteiger partial charge in [-0.15, -0.1) is 0 Å². The summed E-state index contributed by atoms with van der Waals surface area (Å²) in [5.41, 5.74) is -0.0522. The number of rotatable bonds is 4. The van der Waals surface area contributed by atoms with Crippen molar-refractivity contribution >= 4 is 35.2 Å². The van der Waals surface area contributed by atoms with Crippen LogP contribution in [0.1, 0.15) is 22.4 Å². The van der Waals surface area contributed by atoms with Gasteiger partial charge < -0.3 is 9.47 Å². The molecule has 0 N–H and O–H groups in total. The first-order chi connectivity index (χ1) is 14.4. The molecule has 3 aromatic rings. The second-order valence-corrected chi connectivity index (χ2v) is 6.31. The molecule has 0 spiro atoms. The van der Waals surface area contributed by atoms with Crippen molar-refractivity contribution in [1.82, 2.24) is 15.0 Å². The maximum absolute atomic E-state index is 12.8. The van der Waals surface area contributed by atoms with E-state index in [1.54, 1.807) is 0 Å². The third-order valence-electron chi connectivity index (χ3n) is 4.03. The minimum absolute atomic E-state index is 0.00221. The number of nitro benzene ring substituents is 1. The van der Waals surface area contributed by atoms with Crippen LogP contribution in [-0.2, 0) is 4.74 Å². The molecule has 0 unspecified atom stereocenters. The van der Waals surface area contributed by atoms with Gasteiger partial charge in [0.15, 0.2) is 5.69 Å². The number of anilines is 1. The van der Waals surface area contributed by atoms with Gasteiger partial charge in [-0.2, -0.15) is 0 Å². The Balaban J connectivity index is 1.59. The summed E-state index contributed by atoms with van der Waals surface area (Å²) in [7, 11) is 0. The lowest BCUT2D eigenvalue weighted by Gasteiger charge is -2.22. The lowest BCUT2D eigenvalue weighted by atomic mass is 10.3. The minimum atomic E-state index is -1.28. The SMILES string of the molecule is O=C(Oc1ccc([N+](=O)[O-])cc1)O[C@@H]1c2nccnc2C(=O)N1c1ccc(Cl)cn1. The third-order valence-corrected chi connectivity index (χ3v) is 4.26. The van der Waals surface area contributed by atoms with Gasteiger partial charge in [-0.25, -0.2) is 19.7 Å². The Morgan fingerprint density at radius 2 is 1.83 bits per heavy atom. The number of ether oxygens (including phenoxy) is 2. The molecule has 150 valence electrons. The Hall–Kier alpha value is -4.12. The van der Waals surface area contributed by atoms with Crippen LogP contribution < -0.4 is 9.64 Å². The highest BCUT2D eigenvalue weighted by Gasteiger charge is 2.44. The van der Waals surface area contributed by atoms with Gasteiger partial charge in [-0.3, -0.25) is 19.9 Å². The lowest BCUT2D eigenvalue weighted by molar-refractivity contribution is -0.384.